The fourth-order valence-electron chi connectivity index (χ4n) is 1.77. The second-order valence-corrected chi connectivity index (χ2v) is 4.43. The average molecular weight is 223 g/mol. The third-order valence-corrected chi connectivity index (χ3v) is 2.62. The van der Waals surface area contributed by atoms with Crippen molar-refractivity contribution < 1.29 is 4.74 Å². The van der Waals surface area contributed by atoms with Gasteiger partial charge >= 0.3 is 0 Å². The molecule has 2 rings (SSSR count). The molecule has 0 amide bonds. The van der Waals surface area contributed by atoms with Crippen molar-refractivity contribution >= 4 is 23.2 Å². The fourth-order valence-corrected chi connectivity index (χ4v) is 1.87. The van der Waals surface area contributed by atoms with Crippen LogP contribution in [0.1, 0.15) is 19.5 Å². The molecular formula is C10H13N3OS. The van der Waals surface area contributed by atoms with E-state index in [1.807, 2.05) is 10.7 Å². The van der Waals surface area contributed by atoms with Gasteiger partial charge in [0.25, 0.3) is 0 Å². The Morgan fingerprint density at radius 2 is 2.47 bits per heavy atom. The Morgan fingerprint density at radius 3 is 3.20 bits per heavy atom. The average Bonchev–Trinajstić information content (AvgIpc) is 2.52. The van der Waals surface area contributed by atoms with Gasteiger partial charge in [0.1, 0.15) is 0 Å². The SMILES string of the molecule is CC1(C)COCCn2nc(N=C=S)cc21. The summed E-state index contributed by atoms with van der Waals surface area (Å²) in [5, 5.41) is 6.67. The maximum absolute atomic E-state index is 5.52. The van der Waals surface area contributed by atoms with Gasteiger partial charge in [0.05, 0.1) is 24.9 Å². The second-order valence-electron chi connectivity index (χ2n) is 4.25. The number of rotatable bonds is 1. The molecule has 1 aliphatic rings. The predicted octanol–water partition coefficient (Wildman–Crippen LogP) is 1.93. The van der Waals surface area contributed by atoms with Crippen LogP contribution in [0.25, 0.3) is 0 Å². The number of hydrogen-bond acceptors (Lipinski definition) is 4. The van der Waals surface area contributed by atoms with Crippen molar-refractivity contribution in [3.63, 3.8) is 0 Å². The standard InChI is InChI=1S/C10H13N3OS/c1-10(2)6-14-4-3-13-8(10)5-9(12-13)11-7-15/h5H,3-4,6H2,1-2H3. The second kappa shape index (κ2) is 3.85. The Kier molecular flexibility index (Phi) is 2.69. The fraction of sp³-hybridized carbons (Fsp3) is 0.600. The Bertz CT molecular complexity index is 418. The molecule has 0 N–H and O–H groups in total. The van der Waals surface area contributed by atoms with Crippen molar-refractivity contribution in [3.8, 4) is 0 Å². The van der Waals surface area contributed by atoms with Gasteiger partial charge in [0, 0.05) is 17.2 Å². The van der Waals surface area contributed by atoms with Crippen LogP contribution in [0.15, 0.2) is 11.1 Å². The van der Waals surface area contributed by atoms with Gasteiger partial charge in [-0.05, 0) is 12.2 Å². The summed E-state index contributed by atoms with van der Waals surface area (Å²) in [5.41, 5.74) is 1.11. The first-order valence-electron chi connectivity index (χ1n) is 4.87. The monoisotopic (exact) mass is 223 g/mol. The lowest BCUT2D eigenvalue weighted by Gasteiger charge is -2.21. The molecule has 0 fully saturated rings. The molecule has 1 aromatic rings. The minimum atomic E-state index is -0.0290. The minimum Gasteiger partial charge on any atom is -0.379 e. The summed E-state index contributed by atoms with van der Waals surface area (Å²) in [6, 6.07) is 1.95. The predicted molar refractivity (Wildman–Crippen MR) is 60.8 cm³/mol. The highest BCUT2D eigenvalue weighted by molar-refractivity contribution is 7.78. The van der Waals surface area contributed by atoms with Crippen molar-refractivity contribution in [2.24, 2.45) is 4.99 Å². The summed E-state index contributed by atoms with van der Waals surface area (Å²) in [6.07, 6.45) is 0. The molecule has 0 bridgehead atoms. The summed E-state index contributed by atoms with van der Waals surface area (Å²) >= 11 is 4.57. The van der Waals surface area contributed by atoms with E-state index < -0.39 is 0 Å². The number of fused-ring (bicyclic) bond motifs is 1. The van der Waals surface area contributed by atoms with E-state index >= 15 is 0 Å². The van der Waals surface area contributed by atoms with Crippen LogP contribution in [0.2, 0.25) is 0 Å². The lowest BCUT2D eigenvalue weighted by molar-refractivity contribution is 0.103. The Hall–Kier alpha value is -1.03. The van der Waals surface area contributed by atoms with Crippen LogP contribution in [0, 0.1) is 0 Å². The number of hydrogen-bond donors (Lipinski definition) is 0. The van der Waals surface area contributed by atoms with E-state index in [1.54, 1.807) is 0 Å². The smallest absolute Gasteiger partial charge is 0.184 e. The summed E-state index contributed by atoms with van der Waals surface area (Å²) in [4.78, 5) is 3.90. The molecule has 2 heterocycles. The van der Waals surface area contributed by atoms with Crippen LogP contribution in [0.3, 0.4) is 0 Å². The van der Waals surface area contributed by atoms with E-state index in [9.17, 15) is 0 Å². The lowest BCUT2D eigenvalue weighted by Crippen LogP contribution is -2.24. The maximum Gasteiger partial charge on any atom is 0.184 e. The molecule has 0 radical (unpaired) electrons. The van der Waals surface area contributed by atoms with Gasteiger partial charge in [-0.2, -0.15) is 10.1 Å². The van der Waals surface area contributed by atoms with Crippen LogP contribution in [0.5, 0.6) is 0 Å². The molecular weight excluding hydrogens is 210 g/mol. The van der Waals surface area contributed by atoms with E-state index in [-0.39, 0.29) is 5.41 Å². The van der Waals surface area contributed by atoms with Crippen molar-refractivity contribution in [3.05, 3.63) is 11.8 Å². The van der Waals surface area contributed by atoms with E-state index in [2.05, 4.69) is 41.3 Å². The first kappa shape index (κ1) is 10.5. The van der Waals surface area contributed by atoms with Crippen LogP contribution < -0.4 is 0 Å². The molecule has 15 heavy (non-hydrogen) atoms. The molecule has 0 saturated carbocycles. The van der Waals surface area contributed by atoms with Gasteiger partial charge in [-0.15, -0.1) is 0 Å². The van der Waals surface area contributed by atoms with Gasteiger partial charge in [-0.25, -0.2) is 0 Å². The molecule has 4 nitrogen and oxygen atoms in total. The van der Waals surface area contributed by atoms with Crippen molar-refractivity contribution in [2.75, 3.05) is 13.2 Å². The van der Waals surface area contributed by atoms with Crippen molar-refractivity contribution in [1.82, 2.24) is 9.78 Å². The number of nitrogens with zero attached hydrogens (tertiary/aromatic N) is 3. The topological polar surface area (TPSA) is 39.4 Å². The quantitative estimate of drug-likeness (QED) is 0.539. The molecule has 0 saturated heterocycles. The lowest BCUT2D eigenvalue weighted by atomic mass is 9.90. The molecule has 0 atom stereocenters. The normalized spacial score (nSPS) is 18.8. The molecule has 0 aliphatic carbocycles. The van der Waals surface area contributed by atoms with Crippen molar-refractivity contribution in [1.29, 1.82) is 0 Å². The third kappa shape index (κ3) is 2.00. The van der Waals surface area contributed by atoms with Gasteiger partial charge in [0.15, 0.2) is 5.82 Å². The van der Waals surface area contributed by atoms with Crippen LogP contribution in [-0.2, 0) is 16.7 Å². The Labute approximate surface area is 94.0 Å². The summed E-state index contributed by atoms with van der Waals surface area (Å²) in [5.74, 6) is 0.634. The highest BCUT2D eigenvalue weighted by Crippen LogP contribution is 2.28. The molecule has 0 unspecified atom stereocenters. The first-order valence-corrected chi connectivity index (χ1v) is 5.28. The van der Waals surface area contributed by atoms with Gasteiger partial charge in [-0.3, -0.25) is 4.68 Å². The van der Waals surface area contributed by atoms with Crippen molar-refractivity contribution in [2.45, 2.75) is 25.8 Å². The molecule has 1 aromatic heterocycles. The third-order valence-electron chi connectivity index (χ3n) is 2.53. The van der Waals surface area contributed by atoms with Crippen LogP contribution >= 0.6 is 12.2 Å². The maximum atomic E-state index is 5.52. The number of ether oxygens (including phenoxy) is 1. The zero-order valence-corrected chi connectivity index (χ0v) is 9.67. The highest BCUT2D eigenvalue weighted by atomic mass is 32.1. The largest absolute Gasteiger partial charge is 0.379 e. The first-order chi connectivity index (χ1) is 7.13. The molecule has 1 aliphatic heterocycles. The van der Waals surface area contributed by atoms with Gasteiger partial charge in [-0.1, -0.05) is 13.8 Å². The minimum absolute atomic E-state index is 0.0290. The van der Waals surface area contributed by atoms with E-state index in [0.29, 0.717) is 19.0 Å². The van der Waals surface area contributed by atoms with E-state index in [1.165, 1.54) is 0 Å². The van der Waals surface area contributed by atoms with Gasteiger partial charge < -0.3 is 4.74 Å². The zero-order valence-electron chi connectivity index (χ0n) is 8.86. The molecule has 80 valence electrons. The Balaban J connectivity index is 2.47. The summed E-state index contributed by atoms with van der Waals surface area (Å²) < 4.78 is 7.47. The highest BCUT2D eigenvalue weighted by Gasteiger charge is 2.28. The number of aliphatic imine (C=N–C) groups is 1. The summed E-state index contributed by atoms with van der Waals surface area (Å²) in [7, 11) is 0. The number of thiocarbonyl (C=S) groups is 1. The Morgan fingerprint density at radius 1 is 1.67 bits per heavy atom. The van der Waals surface area contributed by atoms with E-state index in [0.717, 1.165) is 12.2 Å². The zero-order chi connectivity index (χ0) is 10.9. The number of aromatic nitrogens is 2. The van der Waals surface area contributed by atoms with Gasteiger partial charge in [0.2, 0.25) is 0 Å². The molecule has 5 heteroatoms. The van der Waals surface area contributed by atoms with E-state index in [4.69, 9.17) is 4.74 Å². The van der Waals surface area contributed by atoms with Crippen LogP contribution in [-0.4, -0.2) is 28.2 Å². The number of isothiocyanates is 1. The summed E-state index contributed by atoms with van der Waals surface area (Å²) in [6.45, 7) is 6.44. The van der Waals surface area contributed by atoms with Crippen LogP contribution in [0.4, 0.5) is 5.82 Å². The molecule has 0 aromatic carbocycles. The molecule has 0 spiro atoms.